The number of ether oxygens (including phenoxy) is 2. The number of phosphoric ester groups is 3. The van der Waals surface area contributed by atoms with E-state index < -0.39 is 91.2 Å². The molecule has 1 saturated carbocycles. The summed E-state index contributed by atoms with van der Waals surface area (Å²) in [5.74, 6) is -0.621. The monoisotopic (exact) mass is 1040 g/mol. The van der Waals surface area contributed by atoms with Gasteiger partial charge in [-0.05, 0) is 25.7 Å². The van der Waals surface area contributed by atoms with Crippen LogP contribution in [0, 0.1) is 0 Å². The molecule has 20 nitrogen and oxygen atoms in total. The van der Waals surface area contributed by atoms with E-state index in [1.807, 2.05) is 6.92 Å². The number of thioether (sulfide) groups is 1. The molecule has 1 aliphatic carbocycles. The number of aliphatic hydroxyl groups excluding tert-OH is 3. The first-order valence-corrected chi connectivity index (χ1v) is 29.9. The van der Waals surface area contributed by atoms with Crippen molar-refractivity contribution in [1.82, 2.24) is 0 Å². The number of rotatable bonds is 42. The molecule has 0 aliphatic heterocycles. The van der Waals surface area contributed by atoms with Crippen molar-refractivity contribution in [3.05, 3.63) is 0 Å². The second-order valence-corrected chi connectivity index (χ2v) is 22.3. The van der Waals surface area contributed by atoms with Crippen molar-refractivity contribution in [2.45, 2.75) is 236 Å². The lowest BCUT2D eigenvalue weighted by molar-refractivity contribution is -0.213. The number of hydrogen-bond acceptors (Lipinski definition) is 16. The van der Waals surface area contributed by atoms with Gasteiger partial charge in [-0.25, -0.2) is 13.7 Å². The largest absolute Gasteiger partial charge is 0.472 e. The SMILES string of the molecule is CCCCCCCCCCCCCCCC(=O)O[C@@H](COP(=O)(O)OC1C(O)[C@H](OP(=O)(O)O)C(OP(=O)(O)O)[C@H](O)[C@@H]1O)CC(=O)OCCCCCCCCCCCCCSC(=O)CCC. The minimum absolute atomic E-state index is 0.0185. The minimum atomic E-state index is -5.61. The predicted octanol–water partition coefficient (Wildman–Crippen LogP) is 8.22. The number of phosphoric acid groups is 3. The third kappa shape index (κ3) is 33.5. The molecule has 0 aromatic heterocycles. The van der Waals surface area contributed by atoms with E-state index in [4.69, 9.17) is 18.5 Å². The van der Waals surface area contributed by atoms with Crippen molar-refractivity contribution >= 4 is 52.3 Å². The first-order valence-electron chi connectivity index (χ1n) is 24.4. The maximum atomic E-state index is 13.1. The van der Waals surface area contributed by atoms with Gasteiger partial charge in [0.15, 0.2) is 5.12 Å². The highest BCUT2D eigenvalue weighted by Crippen LogP contribution is 2.51. The molecule has 0 radical (unpaired) electrons. The van der Waals surface area contributed by atoms with Gasteiger partial charge in [-0.3, -0.25) is 32.5 Å². The van der Waals surface area contributed by atoms with Crippen LogP contribution in [0.15, 0.2) is 0 Å². The van der Waals surface area contributed by atoms with E-state index in [2.05, 4.69) is 16.0 Å². The maximum absolute atomic E-state index is 13.1. The van der Waals surface area contributed by atoms with Gasteiger partial charge >= 0.3 is 35.4 Å². The third-order valence-corrected chi connectivity index (χ3v) is 14.2. The van der Waals surface area contributed by atoms with Crippen LogP contribution in [0.5, 0.6) is 0 Å². The van der Waals surface area contributed by atoms with Crippen LogP contribution in [0.1, 0.15) is 194 Å². The van der Waals surface area contributed by atoms with E-state index in [0.29, 0.717) is 19.3 Å². The minimum Gasteiger partial charge on any atom is -0.466 e. The van der Waals surface area contributed by atoms with Gasteiger partial charge in [0.25, 0.3) is 0 Å². The number of aliphatic hydroxyl groups is 3. The summed E-state index contributed by atoms with van der Waals surface area (Å²) in [6, 6.07) is 0. The van der Waals surface area contributed by atoms with Gasteiger partial charge in [0.2, 0.25) is 0 Å². The highest BCUT2D eigenvalue weighted by atomic mass is 32.2. The Morgan fingerprint density at radius 1 is 0.507 bits per heavy atom. The lowest BCUT2D eigenvalue weighted by Gasteiger charge is -2.44. The molecule has 0 heterocycles. The highest BCUT2D eigenvalue weighted by Gasteiger charge is 2.56. The zero-order valence-electron chi connectivity index (χ0n) is 39.7. The Bertz CT molecular complexity index is 1480. The number of carbonyl (C=O) groups excluding carboxylic acids is 3. The van der Waals surface area contributed by atoms with Crippen molar-refractivity contribution in [3.8, 4) is 0 Å². The third-order valence-electron chi connectivity index (χ3n) is 11.2. The molecule has 1 fully saturated rings. The summed E-state index contributed by atoms with van der Waals surface area (Å²) in [4.78, 5) is 85.0. The van der Waals surface area contributed by atoms with Crippen LogP contribution in [-0.2, 0) is 55.6 Å². The summed E-state index contributed by atoms with van der Waals surface area (Å²) >= 11 is 1.44. The summed E-state index contributed by atoms with van der Waals surface area (Å²) in [6.45, 7) is 3.34. The van der Waals surface area contributed by atoms with E-state index in [-0.39, 0.29) is 18.1 Å². The lowest BCUT2D eigenvalue weighted by atomic mass is 9.85. The Hall–Kier alpha value is -0.830. The molecule has 4 unspecified atom stereocenters. The van der Waals surface area contributed by atoms with Crippen molar-refractivity contribution in [1.29, 1.82) is 0 Å². The molecular formula is C43H83O20P3S. The summed E-state index contributed by atoms with van der Waals surface area (Å²) in [5, 5.41) is 32.1. The first-order chi connectivity index (χ1) is 31.7. The smallest absolute Gasteiger partial charge is 0.466 e. The van der Waals surface area contributed by atoms with Crippen LogP contribution in [0.3, 0.4) is 0 Å². The van der Waals surface area contributed by atoms with Crippen LogP contribution >= 0.6 is 35.2 Å². The Morgan fingerprint density at radius 3 is 1.42 bits per heavy atom. The quantitative estimate of drug-likeness (QED) is 0.0162. The molecule has 0 saturated heterocycles. The number of esters is 2. The average Bonchev–Trinajstić information content (AvgIpc) is 3.24. The molecule has 0 bridgehead atoms. The molecule has 24 heteroatoms. The fourth-order valence-corrected chi connectivity index (χ4v) is 10.6. The second-order valence-electron chi connectivity index (χ2n) is 17.3. The van der Waals surface area contributed by atoms with Crippen molar-refractivity contribution in [3.63, 3.8) is 0 Å². The second kappa shape index (κ2) is 37.0. The summed E-state index contributed by atoms with van der Waals surface area (Å²) < 4.78 is 65.5. The average molecular weight is 1050 g/mol. The van der Waals surface area contributed by atoms with Gasteiger partial charge in [0, 0.05) is 18.6 Å². The van der Waals surface area contributed by atoms with Crippen LogP contribution in [0.2, 0.25) is 0 Å². The van der Waals surface area contributed by atoms with E-state index in [1.165, 1.54) is 63.1 Å². The van der Waals surface area contributed by atoms with Crippen LogP contribution in [0.4, 0.5) is 0 Å². The summed E-state index contributed by atoms with van der Waals surface area (Å²) in [6.07, 6.45) is 9.94. The first kappa shape index (κ1) is 64.2. The molecule has 1 aliphatic rings. The molecular weight excluding hydrogens is 961 g/mol. The maximum Gasteiger partial charge on any atom is 0.472 e. The zero-order valence-corrected chi connectivity index (χ0v) is 43.2. The molecule has 67 heavy (non-hydrogen) atoms. The highest BCUT2D eigenvalue weighted by molar-refractivity contribution is 8.13. The van der Waals surface area contributed by atoms with Gasteiger partial charge < -0.3 is 49.3 Å². The van der Waals surface area contributed by atoms with Gasteiger partial charge in [-0.2, -0.15) is 0 Å². The van der Waals surface area contributed by atoms with Gasteiger partial charge in [0.05, 0.1) is 19.6 Å². The normalized spacial score (nSPS) is 21.5. The number of hydrogen-bond donors (Lipinski definition) is 8. The van der Waals surface area contributed by atoms with Crippen LogP contribution < -0.4 is 0 Å². The molecule has 396 valence electrons. The molecule has 0 aromatic carbocycles. The summed E-state index contributed by atoms with van der Waals surface area (Å²) in [7, 11) is -16.6. The predicted molar refractivity (Wildman–Crippen MR) is 251 cm³/mol. The molecule has 8 N–H and O–H groups in total. The van der Waals surface area contributed by atoms with E-state index in [0.717, 1.165) is 102 Å². The van der Waals surface area contributed by atoms with Crippen molar-refractivity contribution in [2.24, 2.45) is 0 Å². The number of carbonyl (C=O) groups is 3. The lowest BCUT2D eigenvalue weighted by Crippen LogP contribution is -2.65. The Kier molecular flexibility index (Phi) is 35.4. The molecule has 8 atom stereocenters. The molecule has 1 rings (SSSR count). The van der Waals surface area contributed by atoms with Crippen molar-refractivity contribution < 1.29 is 95.4 Å². The standard InChI is InChI=1S/C43H83O20P3S/c1-3-5-6-7-8-9-10-11-13-16-19-22-25-29-35(44)60-34(32-36(45)58-30-26-23-20-17-14-12-15-18-21-24-27-31-67-37(46)28-4-2)33-59-66(56,57)63-41-38(47)39(48)42(61-64(50,51)52)43(40(41)49)62-65(53,54)55/h34,38-43,47-49H,3-33H2,1-2H3,(H,56,57)(H2,50,51,52)(H2,53,54,55)/t34-,38+,39-,40?,41?,42?,43+/m1/s1. The molecule has 0 amide bonds. The van der Waals surface area contributed by atoms with E-state index in [9.17, 15) is 67.9 Å². The van der Waals surface area contributed by atoms with Crippen LogP contribution in [0.25, 0.3) is 0 Å². The fraction of sp³-hybridized carbons (Fsp3) is 0.930. The van der Waals surface area contributed by atoms with Gasteiger partial charge in [0.1, 0.15) is 42.7 Å². The van der Waals surface area contributed by atoms with Crippen LogP contribution in [-0.4, -0.2) is 119 Å². The van der Waals surface area contributed by atoms with E-state index >= 15 is 0 Å². The van der Waals surface area contributed by atoms with Gasteiger partial charge in [-0.15, -0.1) is 0 Å². The number of unbranched alkanes of at least 4 members (excludes halogenated alkanes) is 22. The molecule has 0 aromatic rings. The Balaban J connectivity index is 2.69. The molecule has 0 spiro atoms. The van der Waals surface area contributed by atoms with Gasteiger partial charge in [-0.1, -0.05) is 160 Å². The Morgan fingerprint density at radius 2 is 0.940 bits per heavy atom. The zero-order chi connectivity index (χ0) is 50.1. The Labute approximate surface area is 401 Å². The van der Waals surface area contributed by atoms with Crippen molar-refractivity contribution in [2.75, 3.05) is 19.0 Å². The van der Waals surface area contributed by atoms with E-state index in [1.54, 1.807) is 0 Å². The fourth-order valence-electron chi connectivity index (χ4n) is 7.57. The summed E-state index contributed by atoms with van der Waals surface area (Å²) in [5.41, 5.74) is 0. The topological polar surface area (TPSA) is 320 Å².